The average Bonchev–Trinajstić information content (AvgIpc) is 3.18. The first kappa shape index (κ1) is 18.2. The topological polar surface area (TPSA) is 57.7 Å². The predicted molar refractivity (Wildman–Crippen MR) is 95.7 cm³/mol. The largest absolute Gasteiger partial charge is 0.335 e. The van der Waals surface area contributed by atoms with Crippen LogP contribution in [0, 0.1) is 0 Å². The van der Waals surface area contributed by atoms with E-state index < -0.39 is 9.84 Å². The summed E-state index contributed by atoms with van der Waals surface area (Å²) in [6.07, 6.45) is 9.74. The maximum atomic E-state index is 13.1. The summed E-state index contributed by atoms with van der Waals surface area (Å²) in [5, 5.41) is 0. The summed E-state index contributed by atoms with van der Waals surface area (Å²) in [5.41, 5.74) is 0. The third-order valence-corrected chi connectivity index (χ3v) is 7.92. The third-order valence-electron chi connectivity index (χ3n) is 6.17. The Morgan fingerprint density at radius 2 is 1.75 bits per heavy atom. The zero-order valence-corrected chi connectivity index (χ0v) is 15.8. The van der Waals surface area contributed by atoms with E-state index in [4.69, 9.17) is 0 Å². The van der Waals surface area contributed by atoms with Crippen molar-refractivity contribution in [3.05, 3.63) is 0 Å². The maximum absolute atomic E-state index is 13.1. The van der Waals surface area contributed by atoms with E-state index in [1.165, 1.54) is 19.3 Å². The van der Waals surface area contributed by atoms with Crippen LogP contribution in [0.25, 0.3) is 0 Å². The van der Waals surface area contributed by atoms with Crippen molar-refractivity contribution in [2.45, 2.75) is 82.8 Å². The fourth-order valence-electron chi connectivity index (χ4n) is 4.87. The lowest BCUT2D eigenvalue weighted by molar-refractivity contribution is -0.137. The second-order valence-corrected chi connectivity index (χ2v) is 10.1. The number of carbonyl (C=O) groups is 1. The smallest absolute Gasteiger partial charge is 0.237 e. The first-order chi connectivity index (χ1) is 11.5. The van der Waals surface area contributed by atoms with Crippen molar-refractivity contribution in [3.63, 3.8) is 0 Å². The second-order valence-electron chi connectivity index (χ2n) is 7.82. The van der Waals surface area contributed by atoms with E-state index in [1.54, 1.807) is 0 Å². The predicted octanol–water partition coefficient (Wildman–Crippen LogP) is 2.21. The summed E-state index contributed by atoms with van der Waals surface area (Å²) in [7, 11) is -2.96. The number of nitrogens with zero attached hydrogens (tertiary/aromatic N) is 2. The van der Waals surface area contributed by atoms with E-state index >= 15 is 0 Å². The minimum absolute atomic E-state index is 0.0875. The Hall–Kier alpha value is -0.620. The van der Waals surface area contributed by atoms with Gasteiger partial charge >= 0.3 is 0 Å². The molecule has 0 aromatic heterocycles. The van der Waals surface area contributed by atoms with Crippen LogP contribution in [0.2, 0.25) is 0 Å². The van der Waals surface area contributed by atoms with Crippen molar-refractivity contribution < 1.29 is 13.2 Å². The Morgan fingerprint density at radius 1 is 1.04 bits per heavy atom. The van der Waals surface area contributed by atoms with E-state index in [2.05, 4.69) is 11.8 Å². The standard InChI is InChI=1S/C18H32N2O3S/c1-2-15-7-5-6-11-19(15)13-18(21)20(16-8-3-4-9-16)17-10-12-24(22,23)14-17/h15-17H,2-14H2,1H3/t15-,17-/m0/s1. The summed E-state index contributed by atoms with van der Waals surface area (Å²) in [5.74, 6) is 0.589. The van der Waals surface area contributed by atoms with Crippen molar-refractivity contribution >= 4 is 15.7 Å². The van der Waals surface area contributed by atoms with Gasteiger partial charge in [0.05, 0.1) is 18.1 Å². The van der Waals surface area contributed by atoms with Gasteiger partial charge in [-0.2, -0.15) is 0 Å². The molecule has 0 N–H and O–H groups in total. The second kappa shape index (κ2) is 7.73. The summed E-state index contributed by atoms with van der Waals surface area (Å²) in [4.78, 5) is 17.5. The van der Waals surface area contributed by atoms with Crippen LogP contribution in [0.3, 0.4) is 0 Å². The van der Waals surface area contributed by atoms with Gasteiger partial charge in [0, 0.05) is 18.1 Å². The van der Waals surface area contributed by atoms with Crippen LogP contribution in [0.1, 0.15) is 64.7 Å². The monoisotopic (exact) mass is 356 g/mol. The fourth-order valence-corrected chi connectivity index (χ4v) is 6.58. The van der Waals surface area contributed by atoms with E-state index in [0.29, 0.717) is 19.0 Å². The molecule has 2 saturated heterocycles. The van der Waals surface area contributed by atoms with Crippen LogP contribution in [0.4, 0.5) is 0 Å². The van der Waals surface area contributed by atoms with Crippen molar-refractivity contribution in [1.29, 1.82) is 0 Å². The van der Waals surface area contributed by atoms with Gasteiger partial charge in [-0.05, 0) is 45.1 Å². The van der Waals surface area contributed by atoms with Gasteiger partial charge in [-0.1, -0.05) is 26.2 Å². The zero-order chi connectivity index (χ0) is 17.2. The van der Waals surface area contributed by atoms with Crippen LogP contribution >= 0.6 is 0 Å². The molecule has 1 saturated carbocycles. The molecule has 0 aromatic carbocycles. The van der Waals surface area contributed by atoms with Crippen LogP contribution in [0.15, 0.2) is 0 Å². The highest BCUT2D eigenvalue weighted by atomic mass is 32.2. The summed E-state index contributed by atoms with van der Waals surface area (Å²) in [6.45, 7) is 3.68. The minimum Gasteiger partial charge on any atom is -0.335 e. The molecule has 2 aliphatic heterocycles. The minimum atomic E-state index is -2.96. The number of carbonyl (C=O) groups excluding carboxylic acids is 1. The lowest BCUT2D eigenvalue weighted by Crippen LogP contribution is -2.52. The highest BCUT2D eigenvalue weighted by Crippen LogP contribution is 2.30. The number of sulfone groups is 1. The van der Waals surface area contributed by atoms with Crippen molar-refractivity contribution in [2.75, 3.05) is 24.6 Å². The van der Waals surface area contributed by atoms with Gasteiger partial charge in [-0.3, -0.25) is 9.69 Å². The molecule has 0 bridgehead atoms. The van der Waals surface area contributed by atoms with Crippen molar-refractivity contribution in [3.8, 4) is 0 Å². The normalized spacial score (nSPS) is 31.4. The van der Waals surface area contributed by atoms with Crippen LogP contribution in [0.5, 0.6) is 0 Å². The molecule has 6 heteroatoms. The molecular weight excluding hydrogens is 324 g/mol. The molecule has 24 heavy (non-hydrogen) atoms. The summed E-state index contributed by atoms with van der Waals surface area (Å²) in [6, 6.07) is 0.691. The van der Waals surface area contributed by atoms with Gasteiger partial charge in [0.25, 0.3) is 0 Å². The molecule has 3 rings (SSSR count). The van der Waals surface area contributed by atoms with E-state index in [-0.39, 0.29) is 29.5 Å². The number of hydrogen-bond donors (Lipinski definition) is 0. The number of hydrogen-bond acceptors (Lipinski definition) is 4. The van der Waals surface area contributed by atoms with Crippen molar-refractivity contribution in [1.82, 2.24) is 9.80 Å². The summed E-state index contributed by atoms with van der Waals surface area (Å²) >= 11 is 0. The molecule has 1 amide bonds. The molecule has 0 aromatic rings. The van der Waals surface area contributed by atoms with Crippen LogP contribution < -0.4 is 0 Å². The molecule has 0 radical (unpaired) electrons. The Morgan fingerprint density at radius 3 is 2.38 bits per heavy atom. The van der Waals surface area contributed by atoms with Gasteiger partial charge in [-0.25, -0.2) is 8.42 Å². The third kappa shape index (κ3) is 4.13. The number of likely N-dealkylation sites (tertiary alicyclic amines) is 1. The SMILES string of the molecule is CC[C@H]1CCCCN1CC(=O)N(C1CCCC1)[C@H]1CCS(=O)(=O)C1. The number of rotatable bonds is 5. The highest BCUT2D eigenvalue weighted by Gasteiger charge is 2.39. The van der Waals surface area contributed by atoms with Crippen LogP contribution in [-0.2, 0) is 14.6 Å². The van der Waals surface area contributed by atoms with Gasteiger partial charge in [0.15, 0.2) is 9.84 Å². The molecule has 0 spiro atoms. The number of piperidine rings is 1. The first-order valence-corrected chi connectivity index (χ1v) is 11.6. The Kier molecular flexibility index (Phi) is 5.85. The van der Waals surface area contributed by atoms with E-state index in [1.807, 2.05) is 4.90 Å². The Labute approximate surface area is 146 Å². The molecule has 138 valence electrons. The zero-order valence-electron chi connectivity index (χ0n) is 15.0. The molecule has 0 unspecified atom stereocenters. The lowest BCUT2D eigenvalue weighted by atomic mass is 10.00. The Balaban J connectivity index is 1.71. The van der Waals surface area contributed by atoms with Crippen LogP contribution in [-0.4, -0.2) is 66.8 Å². The van der Waals surface area contributed by atoms with Crippen molar-refractivity contribution in [2.24, 2.45) is 0 Å². The highest BCUT2D eigenvalue weighted by molar-refractivity contribution is 7.91. The first-order valence-electron chi connectivity index (χ1n) is 9.76. The molecule has 3 aliphatic rings. The average molecular weight is 357 g/mol. The fraction of sp³-hybridized carbons (Fsp3) is 0.944. The van der Waals surface area contributed by atoms with Gasteiger partial charge in [0.1, 0.15) is 0 Å². The molecule has 2 heterocycles. The van der Waals surface area contributed by atoms with E-state index in [9.17, 15) is 13.2 Å². The lowest BCUT2D eigenvalue weighted by Gasteiger charge is -2.39. The molecular formula is C18H32N2O3S. The molecule has 1 aliphatic carbocycles. The van der Waals surface area contributed by atoms with Gasteiger partial charge in [0.2, 0.25) is 5.91 Å². The molecule has 5 nitrogen and oxygen atoms in total. The maximum Gasteiger partial charge on any atom is 0.237 e. The van der Waals surface area contributed by atoms with Gasteiger partial charge < -0.3 is 4.90 Å². The number of amides is 1. The van der Waals surface area contributed by atoms with E-state index in [0.717, 1.165) is 38.6 Å². The Bertz CT molecular complexity index is 542. The molecule has 3 fully saturated rings. The van der Waals surface area contributed by atoms with Gasteiger partial charge in [-0.15, -0.1) is 0 Å². The summed E-state index contributed by atoms with van der Waals surface area (Å²) < 4.78 is 23.8. The quantitative estimate of drug-likeness (QED) is 0.758. The molecule has 2 atom stereocenters.